The van der Waals surface area contributed by atoms with E-state index < -0.39 is 21.8 Å². The fourth-order valence-electron chi connectivity index (χ4n) is 3.88. The van der Waals surface area contributed by atoms with E-state index in [1.54, 1.807) is 30.3 Å². The minimum absolute atomic E-state index is 0. The third kappa shape index (κ3) is 6.07. The number of hydrogen-bond acceptors (Lipinski definition) is 5. The Kier molecular flexibility index (Phi) is 8.42. The zero-order chi connectivity index (χ0) is 22.9. The standard InChI is InChI=1S/C23H20ClF2NO4S.Na/c24-17-7-9-22(31-14-15-6-8-18(25)12-20(15)26)16(11-17)13-27-10-2-3-19-21(27)4-1-5-23(19)32(28,29)30;/h1,4-9,11-12H,2-3,10,13-14H2,(H,28,29,30);/q;+1/p-1. The van der Waals surface area contributed by atoms with Crippen LogP contribution in [0.3, 0.4) is 0 Å². The molecule has 0 N–H and O–H groups in total. The van der Waals surface area contributed by atoms with Crippen molar-refractivity contribution in [3.05, 3.63) is 87.9 Å². The van der Waals surface area contributed by atoms with Gasteiger partial charge in [-0.1, -0.05) is 17.7 Å². The Bertz CT molecular complexity index is 1270. The van der Waals surface area contributed by atoms with Gasteiger partial charge in [-0.2, -0.15) is 0 Å². The van der Waals surface area contributed by atoms with Crippen molar-refractivity contribution in [3.63, 3.8) is 0 Å². The molecule has 0 amide bonds. The summed E-state index contributed by atoms with van der Waals surface area (Å²) in [5, 5.41) is 0.480. The van der Waals surface area contributed by atoms with Gasteiger partial charge in [-0.05, 0) is 60.9 Å². The molecule has 0 saturated heterocycles. The van der Waals surface area contributed by atoms with Crippen LogP contribution in [-0.4, -0.2) is 19.5 Å². The van der Waals surface area contributed by atoms with E-state index in [0.717, 1.165) is 12.1 Å². The number of hydrogen-bond donors (Lipinski definition) is 0. The van der Waals surface area contributed by atoms with Crippen LogP contribution < -0.4 is 39.2 Å². The molecule has 0 radical (unpaired) electrons. The van der Waals surface area contributed by atoms with E-state index in [1.165, 1.54) is 12.1 Å². The minimum Gasteiger partial charge on any atom is -0.744 e. The van der Waals surface area contributed by atoms with Crippen LogP contribution in [-0.2, 0) is 29.7 Å². The van der Waals surface area contributed by atoms with Crippen LogP contribution in [0, 0.1) is 11.6 Å². The van der Waals surface area contributed by atoms with Gasteiger partial charge < -0.3 is 14.2 Å². The smallest absolute Gasteiger partial charge is 0.744 e. The van der Waals surface area contributed by atoms with E-state index >= 15 is 0 Å². The molecule has 1 aliphatic rings. The molecule has 0 saturated carbocycles. The van der Waals surface area contributed by atoms with Gasteiger partial charge in [0.1, 0.15) is 34.1 Å². The maximum Gasteiger partial charge on any atom is 1.00 e. The zero-order valence-electron chi connectivity index (χ0n) is 17.9. The molecule has 0 fully saturated rings. The summed E-state index contributed by atoms with van der Waals surface area (Å²) >= 11 is 6.18. The van der Waals surface area contributed by atoms with Gasteiger partial charge in [0.25, 0.3) is 0 Å². The predicted molar refractivity (Wildman–Crippen MR) is 116 cm³/mol. The van der Waals surface area contributed by atoms with Crippen molar-refractivity contribution < 1.29 is 56.0 Å². The molecule has 1 heterocycles. The normalized spacial score (nSPS) is 13.3. The van der Waals surface area contributed by atoms with Crippen molar-refractivity contribution in [2.45, 2.75) is 30.9 Å². The molecule has 3 aromatic carbocycles. The summed E-state index contributed by atoms with van der Waals surface area (Å²) in [5.41, 5.74) is 2.10. The fourth-order valence-corrected chi connectivity index (χ4v) is 4.83. The number of rotatable bonds is 6. The largest absolute Gasteiger partial charge is 1.00 e. The first-order chi connectivity index (χ1) is 15.2. The van der Waals surface area contributed by atoms with Crippen molar-refractivity contribution in [3.8, 4) is 5.75 Å². The van der Waals surface area contributed by atoms with Gasteiger partial charge in [0.05, 0.1) is 4.90 Å². The second kappa shape index (κ2) is 10.7. The van der Waals surface area contributed by atoms with Gasteiger partial charge in [0.15, 0.2) is 0 Å². The maximum atomic E-state index is 14.0. The number of fused-ring (bicyclic) bond motifs is 1. The minimum atomic E-state index is -4.59. The van der Waals surface area contributed by atoms with E-state index in [0.29, 0.717) is 53.5 Å². The van der Waals surface area contributed by atoms with Gasteiger partial charge in [-0.25, -0.2) is 17.2 Å². The predicted octanol–water partition coefficient (Wildman–Crippen LogP) is 2.06. The van der Waals surface area contributed by atoms with Crippen LogP contribution in [0.5, 0.6) is 5.75 Å². The first kappa shape index (κ1) is 25.9. The third-order valence-electron chi connectivity index (χ3n) is 5.36. The third-order valence-corrected chi connectivity index (χ3v) is 6.51. The van der Waals surface area contributed by atoms with E-state index in [1.807, 2.05) is 4.90 Å². The molecule has 3 aromatic rings. The second-order valence-electron chi connectivity index (χ2n) is 7.51. The van der Waals surface area contributed by atoms with E-state index in [-0.39, 0.29) is 46.6 Å². The molecule has 0 aromatic heterocycles. The van der Waals surface area contributed by atoms with Gasteiger partial charge in [-0.3, -0.25) is 0 Å². The second-order valence-corrected chi connectivity index (χ2v) is 9.29. The Hall–Kier alpha value is -1.68. The van der Waals surface area contributed by atoms with Gasteiger partial charge in [-0.15, -0.1) is 0 Å². The Morgan fingerprint density at radius 1 is 1.06 bits per heavy atom. The van der Waals surface area contributed by atoms with Crippen LogP contribution in [0.2, 0.25) is 5.02 Å². The van der Waals surface area contributed by atoms with Crippen molar-refractivity contribution in [1.82, 2.24) is 0 Å². The van der Waals surface area contributed by atoms with Crippen molar-refractivity contribution in [2.24, 2.45) is 0 Å². The van der Waals surface area contributed by atoms with E-state index in [9.17, 15) is 21.8 Å². The quantitative estimate of drug-likeness (QED) is 0.382. The number of anilines is 1. The Balaban J connectivity index is 0.00000306. The average molecular weight is 502 g/mol. The molecule has 10 heteroatoms. The molecule has 4 rings (SSSR count). The average Bonchev–Trinajstić information content (AvgIpc) is 2.73. The van der Waals surface area contributed by atoms with Gasteiger partial charge >= 0.3 is 29.6 Å². The molecule has 0 atom stereocenters. The molecular formula is C23H19ClF2NNaO4S. The van der Waals surface area contributed by atoms with E-state index in [2.05, 4.69) is 0 Å². The molecule has 0 bridgehead atoms. The number of benzene rings is 3. The topological polar surface area (TPSA) is 69.7 Å². The first-order valence-electron chi connectivity index (χ1n) is 9.90. The molecule has 0 spiro atoms. The first-order valence-corrected chi connectivity index (χ1v) is 11.7. The maximum absolute atomic E-state index is 14.0. The van der Waals surface area contributed by atoms with Crippen LogP contribution in [0.4, 0.5) is 14.5 Å². The number of ether oxygens (including phenoxy) is 1. The van der Waals surface area contributed by atoms with Crippen LogP contribution >= 0.6 is 11.6 Å². The van der Waals surface area contributed by atoms with Crippen LogP contribution in [0.25, 0.3) is 0 Å². The monoisotopic (exact) mass is 501 g/mol. The van der Waals surface area contributed by atoms with E-state index in [4.69, 9.17) is 16.3 Å². The molecular weight excluding hydrogens is 483 g/mol. The summed E-state index contributed by atoms with van der Waals surface area (Å²) in [7, 11) is -4.59. The van der Waals surface area contributed by atoms with Crippen LogP contribution in [0.1, 0.15) is 23.1 Å². The van der Waals surface area contributed by atoms with Crippen molar-refractivity contribution in [2.75, 3.05) is 11.4 Å². The Labute approximate surface area is 218 Å². The molecule has 0 aliphatic carbocycles. The summed E-state index contributed by atoms with van der Waals surface area (Å²) in [6.45, 7) is 0.890. The summed E-state index contributed by atoms with van der Waals surface area (Å²) in [5.74, 6) is -0.892. The molecule has 33 heavy (non-hydrogen) atoms. The number of halogens is 3. The summed E-state index contributed by atoms with van der Waals surface area (Å²) in [6.07, 6.45) is 1.17. The Morgan fingerprint density at radius 2 is 1.85 bits per heavy atom. The zero-order valence-corrected chi connectivity index (χ0v) is 21.4. The summed E-state index contributed by atoms with van der Waals surface area (Å²) in [4.78, 5) is 1.76. The molecule has 168 valence electrons. The summed E-state index contributed by atoms with van der Waals surface area (Å²) < 4.78 is 67.9. The summed E-state index contributed by atoms with van der Waals surface area (Å²) in [6, 6.07) is 13.0. The number of nitrogens with zero attached hydrogens (tertiary/aromatic N) is 1. The molecule has 1 aliphatic heterocycles. The fraction of sp³-hybridized carbons (Fsp3) is 0.217. The van der Waals surface area contributed by atoms with Gasteiger partial charge in [0.2, 0.25) is 0 Å². The van der Waals surface area contributed by atoms with Crippen LogP contribution in [0.15, 0.2) is 59.5 Å². The Morgan fingerprint density at radius 3 is 2.58 bits per heavy atom. The SMILES string of the molecule is O=S(=O)([O-])c1cccc2c1CCCN2Cc1cc(Cl)ccc1OCc1ccc(F)cc1F.[Na+]. The molecule has 0 unspecified atom stereocenters. The van der Waals surface area contributed by atoms with Gasteiger partial charge in [0, 0.05) is 41.0 Å². The molecule has 5 nitrogen and oxygen atoms in total. The van der Waals surface area contributed by atoms with Crippen molar-refractivity contribution in [1.29, 1.82) is 0 Å². The van der Waals surface area contributed by atoms with Crippen molar-refractivity contribution >= 4 is 27.4 Å².